The Bertz CT molecular complexity index is 1200. The van der Waals surface area contributed by atoms with Gasteiger partial charge in [-0.1, -0.05) is 17.7 Å². The second-order valence-electron chi connectivity index (χ2n) is 5.61. The molecule has 7 nitrogen and oxygen atoms in total. The molecule has 3 rings (SSSR count). The number of benzene rings is 2. The highest BCUT2D eigenvalue weighted by molar-refractivity contribution is 7.93. The Labute approximate surface area is 166 Å². The van der Waals surface area contributed by atoms with Crippen molar-refractivity contribution in [1.82, 2.24) is 4.72 Å². The summed E-state index contributed by atoms with van der Waals surface area (Å²) in [6.45, 7) is -0.0653. The molecule has 0 amide bonds. The van der Waals surface area contributed by atoms with Gasteiger partial charge >= 0.3 is 0 Å². The predicted octanol–water partition coefficient (Wildman–Crippen LogP) is 3.35. The van der Waals surface area contributed by atoms with E-state index < -0.39 is 30.8 Å². The normalized spacial score (nSPS) is 12.1. The van der Waals surface area contributed by atoms with Crippen LogP contribution < -0.4 is 9.44 Å². The minimum Gasteiger partial charge on any atom is -0.468 e. The Balaban J connectivity index is 1.84. The smallest absolute Gasteiger partial charge is 0.263 e. The fourth-order valence-corrected chi connectivity index (χ4v) is 4.88. The number of sulfonamides is 2. The Morgan fingerprint density at radius 1 is 0.964 bits per heavy atom. The van der Waals surface area contributed by atoms with Crippen molar-refractivity contribution in [2.24, 2.45) is 0 Å². The van der Waals surface area contributed by atoms with E-state index in [-0.39, 0.29) is 22.2 Å². The van der Waals surface area contributed by atoms with Crippen LogP contribution in [0.15, 0.2) is 75.1 Å². The average Bonchev–Trinajstić information content (AvgIpc) is 3.15. The molecule has 0 aliphatic rings. The van der Waals surface area contributed by atoms with E-state index in [1.807, 2.05) is 0 Å². The lowest BCUT2D eigenvalue weighted by molar-refractivity contribution is 0.498. The zero-order valence-corrected chi connectivity index (χ0v) is 16.5. The molecule has 3 aromatic rings. The molecule has 0 unspecified atom stereocenters. The van der Waals surface area contributed by atoms with Crippen LogP contribution in [0.5, 0.6) is 0 Å². The average molecular weight is 445 g/mol. The molecule has 0 radical (unpaired) electrons. The highest BCUT2D eigenvalue weighted by atomic mass is 35.5. The molecular formula is C17H14ClFN2O5S2. The standard InChI is InChI=1S/C17H14ClFN2O5S2/c18-16-7-6-12(19)9-17(16)28(24,25)21-13-3-1-5-15(10-13)27(22,23)20-11-14-4-2-8-26-14/h1-10,20-21H,11H2. The van der Waals surface area contributed by atoms with Crippen molar-refractivity contribution < 1.29 is 25.6 Å². The number of furan rings is 1. The van der Waals surface area contributed by atoms with E-state index >= 15 is 0 Å². The van der Waals surface area contributed by atoms with Crippen molar-refractivity contribution in [3.63, 3.8) is 0 Å². The highest BCUT2D eigenvalue weighted by Gasteiger charge is 2.21. The van der Waals surface area contributed by atoms with Crippen LogP contribution in [0, 0.1) is 5.82 Å². The van der Waals surface area contributed by atoms with Gasteiger partial charge in [0.15, 0.2) is 0 Å². The summed E-state index contributed by atoms with van der Waals surface area (Å²) in [6.07, 6.45) is 1.41. The van der Waals surface area contributed by atoms with Crippen molar-refractivity contribution in [3.05, 3.63) is 77.5 Å². The summed E-state index contributed by atoms with van der Waals surface area (Å²) in [4.78, 5) is -0.622. The van der Waals surface area contributed by atoms with Crippen LogP contribution in [0.4, 0.5) is 10.1 Å². The van der Waals surface area contributed by atoms with Crippen molar-refractivity contribution >= 4 is 37.3 Å². The molecule has 148 valence electrons. The summed E-state index contributed by atoms with van der Waals surface area (Å²) in [7, 11) is -8.15. The Morgan fingerprint density at radius 3 is 2.46 bits per heavy atom. The third-order valence-electron chi connectivity index (χ3n) is 3.60. The van der Waals surface area contributed by atoms with Crippen LogP contribution in [0.25, 0.3) is 0 Å². The molecule has 1 aromatic heterocycles. The lowest BCUT2D eigenvalue weighted by Crippen LogP contribution is -2.23. The maximum atomic E-state index is 13.4. The van der Waals surface area contributed by atoms with E-state index in [1.165, 1.54) is 24.5 Å². The van der Waals surface area contributed by atoms with Gasteiger partial charge in [-0.3, -0.25) is 4.72 Å². The van der Waals surface area contributed by atoms with E-state index in [9.17, 15) is 21.2 Å². The van der Waals surface area contributed by atoms with E-state index in [4.69, 9.17) is 16.0 Å². The summed E-state index contributed by atoms with van der Waals surface area (Å²) >= 11 is 5.84. The van der Waals surface area contributed by atoms with Crippen LogP contribution in [0.1, 0.15) is 5.76 Å². The number of nitrogens with one attached hydrogen (secondary N) is 2. The Hall–Kier alpha value is -2.40. The van der Waals surface area contributed by atoms with Gasteiger partial charge in [-0.05, 0) is 48.5 Å². The van der Waals surface area contributed by atoms with Crippen molar-refractivity contribution in [2.45, 2.75) is 16.3 Å². The van der Waals surface area contributed by atoms with Gasteiger partial charge in [0.25, 0.3) is 10.0 Å². The largest absolute Gasteiger partial charge is 0.468 e. The Morgan fingerprint density at radius 2 is 1.75 bits per heavy atom. The first kappa shape index (κ1) is 20.3. The van der Waals surface area contributed by atoms with Crippen LogP contribution in [-0.2, 0) is 26.6 Å². The second kappa shape index (κ2) is 7.92. The summed E-state index contributed by atoms with van der Waals surface area (Å²) in [5.74, 6) is -0.357. The number of anilines is 1. The van der Waals surface area contributed by atoms with Crippen LogP contribution in [-0.4, -0.2) is 16.8 Å². The lowest BCUT2D eigenvalue weighted by atomic mass is 10.3. The summed E-state index contributed by atoms with van der Waals surface area (Å²) < 4.78 is 72.8. The van der Waals surface area contributed by atoms with E-state index in [2.05, 4.69) is 9.44 Å². The number of hydrogen-bond donors (Lipinski definition) is 2. The van der Waals surface area contributed by atoms with Crippen LogP contribution >= 0.6 is 11.6 Å². The van der Waals surface area contributed by atoms with Crippen LogP contribution in [0.3, 0.4) is 0 Å². The topological polar surface area (TPSA) is 105 Å². The molecule has 0 saturated carbocycles. The zero-order valence-electron chi connectivity index (χ0n) is 14.1. The van der Waals surface area contributed by atoms with Crippen molar-refractivity contribution in [2.75, 3.05) is 4.72 Å². The molecule has 2 N–H and O–H groups in total. The monoisotopic (exact) mass is 444 g/mol. The predicted molar refractivity (Wildman–Crippen MR) is 101 cm³/mol. The summed E-state index contributed by atoms with van der Waals surface area (Å²) in [5.41, 5.74) is -0.0267. The van der Waals surface area contributed by atoms with E-state index in [0.717, 1.165) is 24.3 Å². The van der Waals surface area contributed by atoms with Gasteiger partial charge in [-0.25, -0.2) is 25.9 Å². The van der Waals surface area contributed by atoms with Crippen molar-refractivity contribution in [3.8, 4) is 0 Å². The third kappa shape index (κ3) is 4.71. The van der Waals surface area contributed by atoms with Gasteiger partial charge in [0, 0.05) is 0 Å². The van der Waals surface area contributed by atoms with Gasteiger partial charge in [0.2, 0.25) is 10.0 Å². The fraction of sp³-hybridized carbons (Fsp3) is 0.0588. The van der Waals surface area contributed by atoms with Crippen molar-refractivity contribution in [1.29, 1.82) is 0 Å². The first-order valence-corrected chi connectivity index (χ1v) is 11.1. The maximum Gasteiger partial charge on any atom is 0.263 e. The number of rotatable bonds is 7. The van der Waals surface area contributed by atoms with Gasteiger partial charge < -0.3 is 4.42 Å². The molecule has 28 heavy (non-hydrogen) atoms. The molecule has 11 heteroatoms. The van der Waals surface area contributed by atoms with Gasteiger partial charge in [0.05, 0.1) is 28.4 Å². The first-order valence-electron chi connectivity index (χ1n) is 7.77. The lowest BCUT2D eigenvalue weighted by Gasteiger charge is -2.11. The van der Waals surface area contributed by atoms with Gasteiger partial charge in [-0.15, -0.1) is 0 Å². The van der Waals surface area contributed by atoms with Gasteiger partial charge in [-0.2, -0.15) is 0 Å². The molecule has 0 aliphatic carbocycles. The summed E-state index contributed by atoms with van der Waals surface area (Å²) in [6, 6.07) is 11.3. The Kier molecular flexibility index (Phi) is 5.75. The minimum absolute atomic E-state index is 0.0267. The third-order valence-corrected chi connectivity index (χ3v) is 6.86. The molecule has 0 saturated heterocycles. The number of halogens is 2. The number of hydrogen-bond acceptors (Lipinski definition) is 5. The molecule has 0 spiro atoms. The van der Waals surface area contributed by atoms with E-state index in [1.54, 1.807) is 12.1 Å². The second-order valence-corrected chi connectivity index (χ2v) is 9.44. The highest BCUT2D eigenvalue weighted by Crippen LogP contribution is 2.25. The van der Waals surface area contributed by atoms with Gasteiger partial charge in [0.1, 0.15) is 16.5 Å². The molecule has 0 bridgehead atoms. The molecule has 2 aromatic carbocycles. The fourth-order valence-electron chi connectivity index (χ4n) is 2.28. The molecule has 0 atom stereocenters. The molecule has 0 aliphatic heterocycles. The van der Waals surface area contributed by atoms with Crippen LogP contribution in [0.2, 0.25) is 5.02 Å². The maximum absolute atomic E-state index is 13.4. The molecule has 1 heterocycles. The first-order chi connectivity index (χ1) is 13.2. The quantitative estimate of drug-likeness (QED) is 0.581. The molecular weight excluding hydrogens is 431 g/mol. The zero-order chi connectivity index (χ0) is 20.4. The minimum atomic E-state index is -4.23. The van der Waals surface area contributed by atoms with E-state index in [0.29, 0.717) is 5.76 Å². The summed E-state index contributed by atoms with van der Waals surface area (Å²) in [5, 5.41) is -0.169. The molecule has 0 fully saturated rings. The SMILES string of the molecule is O=S(=O)(NCc1ccco1)c1cccc(NS(=O)(=O)c2cc(F)ccc2Cl)c1.